The number of rotatable bonds is 2. The Balaban J connectivity index is 1.36. The Hall–Kier alpha value is -4.34. The van der Waals surface area contributed by atoms with Crippen LogP contribution in [-0.4, -0.2) is 16.6 Å². The molecule has 2 aromatic heterocycles. The molecule has 0 radical (unpaired) electrons. The predicted octanol–water partition coefficient (Wildman–Crippen LogP) is 6.35. The molecule has 0 atom stereocenters. The van der Waals surface area contributed by atoms with Crippen molar-refractivity contribution in [1.82, 2.24) is 4.98 Å². The number of carbonyl (C=O) groups is 2. The molecule has 2 heterocycles. The number of hydrogen-bond acceptors (Lipinski definition) is 6. The number of nitrogens with zero attached hydrogens (tertiary/aromatic N) is 2. The third kappa shape index (κ3) is 3.02. The highest BCUT2D eigenvalue weighted by atomic mass is 32.1. The van der Waals surface area contributed by atoms with Crippen molar-refractivity contribution < 1.29 is 14.0 Å². The first-order valence-electron chi connectivity index (χ1n) is 10.3. The average molecular weight is 446 g/mol. The van der Waals surface area contributed by atoms with E-state index in [1.165, 1.54) is 17.4 Å². The minimum Gasteiger partial charge on any atom is -0.435 e. The van der Waals surface area contributed by atoms with Crippen LogP contribution in [0.3, 0.4) is 0 Å². The summed E-state index contributed by atoms with van der Waals surface area (Å²) in [5, 5.41) is 11.5. The lowest BCUT2D eigenvalue weighted by Crippen LogP contribution is -1.99. The van der Waals surface area contributed by atoms with Crippen molar-refractivity contribution in [3.05, 3.63) is 93.4 Å². The molecule has 0 aliphatic heterocycles. The number of ketones is 2. The fourth-order valence-corrected chi connectivity index (χ4v) is 5.04. The first kappa shape index (κ1) is 19.4. The molecule has 33 heavy (non-hydrogen) atoms. The van der Waals surface area contributed by atoms with Crippen LogP contribution in [0.25, 0.3) is 38.7 Å². The highest BCUT2D eigenvalue weighted by molar-refractivity contribution is 7.19. The van der Waals surface area contributed by atoms with Gasteiger partial charge in [0.15, 0.2) is 22.0 Å². The number of fused-ring (bicyclic) bond motifs is 3. The number of benzene rings is 3. The van der Waals surface area contributed by atoms with Crippen molar-refractivity contribution in [2.24, 2.45) is 0 Å². The average Bonchev–Trinajstić information content (AvgIpc) is 3.45. The van der Waals surface area contributed by atoms with Crippen molar-refractivity contribution in [3.8, 4) is 17.5 Å². The fourth-order valence-electron chi connectivity index (χ4n) is 4.14. The fraction of sp³-hybridized carbons (Fsp3) is 0.0370. The van der Waals surface area contributed by atoms with E-state index in [1.807, 2.05) is 36.4 Å². The van der Waals surface area contributed by atoms with Gasteiger partial charge in [0, 0.05) is 27.6 Å². The summed E-state index contributed by atoms with van der Waals surface area (Å²) in [7, 11) is 0. The van der Waals surface area contributed by atoms with E-state index in [1.54, 1.807) is 25.1 Å². The molecule has 0 amide bonds. The van der Waals surface area contributed by atoms with Gasteiger partial charge in [-0.3, -0.25) is 9.59 Å². The highest BCUT2D eigenvalue weighted by Crippen LogP contribution is 2.35. The first-order chi connectivity index (χ1) is 16.0. The van der Waals surface area contributed by atoms with Crippen LogP contribution in [0.2, 0.25) is 0 Å². The molecule has 0 bridgehead atoms. The van der Waals surface area contributed by atoms with Gasteiger partial charge in [-0.2, -0.15) is 10.2 Å². The van der Waals surface area contributed by atoms with Gasteiger partial charge in [-0.15, -0.1) is 11.3 Å². The summed E-state index contributed by atoms with van der Waals surface area (Å²) in [6.07, 6.45) is 1.59. The van der Waals surface area contributed by atoms with Crippen LogP contribution in [-0.2, 0) is 0 Å². The van der Waals surface area contributed by atoms with Gasteiger partial charge in [0.2, 0.25) is 5.89 Å². The van der Waals surface area contributed by atoms with Crippen molar-refractivity contribution in [3.63, 3.8) is 0 Å². The number of thiophene rings is 1. The Labute approximate surface area is 192 Å². The van der Waals surface area contributed by atoms with Gasteiger partial charge in [0.05, 0.1) is 17.2 Å². The van der Waals surface area contributed by atoms with Gasteiger partial charge in [0.25, 0.3) is 0 Å². The minimum atomic E-state index is -0.360. The van der Waals surface area contributed by atoms with E-state index in [9.17, 15) is 14.9 Å². The van der Waals surface area contributed by atoms with E-state index in [0.29, 0.717) is 37.9 Å². The second-order valence-corrected chi connectivity index (χ2v) is 9.00. The summed E-state index contributed by atoms with van der Waals surface area (Å²) >= 11 is 1.36. The van der Waals surface area contributed by atoms with E-state index in [0.717, 1.165) is 16.3 Å². The van der Waals surface area contributed by atoms with Crippen molar-refractivity contribution in [2.45, 2.75) is 6.92 Å². The van der Waals surface area contributed by atoms with Crippen molar-refractivity contribution >= 4 is 50.2 Å². The van der Waals surface area contributed by atoms with Gasteiger partial charge in [0.1, 0.15) is 0 Å². The number of allylic oxidation sites excluding steroid dienone is 1. The number of nitriles is 1. The number of Topliss-reactive ketones (excluding diaryl/α,β-unsaturated/α-hetero) is 2. The highest BCUT2D eigenvalue weighted by Gasteiger charge is 2.34. The smallest absolute Gasteiger partial charge is 0.228 e. The zero-order valence-electron chi connectivity index (χ0n) is 17.4. The maximum atomic E-state index is 12.9. The van der Waals surface area contributed by atoms with Crippen LogP contribution in [0.5, 0.6) is 0 Å². The molecular weight excluding hydrogens is 432 g/mol. The number of aromatic nitrogens is 1. The van der Waals surface area contributed by atoms with Crippen LogP contribution in [0.4, 0.5) is 0 Å². The summed E-state index contributed by atoms with van der Waals surface area (Å²) in [5.74, 6) is -0.153. The number of carbonyl (C=O) groups excluding carboxylic acids is 2. The Morgan fingerprint density at radius 3 is 2.48 bits per heavy atom. The lowest BCUT2D eigenvalue weighted by molar-refractivity contribution is 0.0990. The molecule has 1 aliphatic rings. The molecule has 0 saturated heterocycles. The maximum Gasteiger partial charge on any atom is 0.228 e. The molecule has 6 rings (SSSR count). The monoisotopic (exact) mass is 446 g/mol. The molecule has 0 spiro atoms. The normalized spacial score (nSPS) is 14.4. The standard InChI is InChI=1S/C27H14N2O3S/c1-14-8-20-21(10-18(14)13-28)25(31)22(24(20)30)11-19-12-23-27(33-19)29-26(32-23)17-7-6-15-4-2-3-5-16(15)9-17/h2-12H,1H3/b22-11-. The van der Waals surface area contributed by atoms with Crippen LogP contribution in [0.1, 0.15) is 36.7 Å². The number of oxazole rings is 1. The van der Waals surface area contributed by atoms with Crippen LogP contribution >= 0.6 is 11.3 Å². The maximum absolute atomic E-state index is 12.9. The predicted molar refractivity (Wildman–Crippen MR) is 127 cm³/mol. The molecule has 0 N–H and O–H groups in total. The zero-order chi connectivity index (χ0) is 22.7. The summed E-state index contributed by atoms with van der Waals surface area (Å²) in [5.41, 5.74) is 3.29. The molecule has 156 valence electrons. The van der Waals surface area contributed by atoms with Crippen LogP contribution < -0.4 is 0 Å². The van der Waals surface area contributed by atoms with Crippen LogP contribution in [0, 0.1) is 18.3 Å². The zero-order valence-corrected chi connectivity index (χ0v) is 18.2. The SMILES string of the molecule is Cc1cc2c(cc1C#N)C(=O)/C(=C\c1cc3oc(-c4ccc5ccccc5c4)nc3s1)C2=O. The van der Waals surface area contributed by atoms with Crippen molar-refractivity contribution in [1.29, 1.82) is 5.26 Å². The topological polar surface area (TPSA) is 84.0 Å². The Kier molecular flexibility index (Phi) is 4.16. The third-order valence-electron chi connectivity index (χ3n) is 5.85. The van der Waals surface area contributed by atoms with E-state index < -0.39 is 0 Å². The summed E-state index contributed by atoms with van der Waals surface area (Å²) in [6.45, 7) is 1.75. The van der Waals surface area contributed by atoms with E-state index in [4.69, 9.17) is 4.42 Å². The molecule has 5 aromatic rings. The molecule has 0 fully saturated rings. The molecule has 0 saturated carbocycles. The van der Waals surface area contributed by atoms with Gasteiger partial charge in [-0.25, -0.2) is 0 Å². The van der Waals surface area contributed by atoms with Crippen LogP contribution in [0.15, 0.2) is 70.7 Å². The van der Waals surface area contributed by atoms with E-state index in [-0.39, 0.29) is 22.7 Å². The Bertz CT molecular complexity index is 1700. The second-order valence-electron chi connectivity index (χ2n) is 7.94. The molecular formula is C27H14N2O3S. The number of aryl methyl sites for hydroxylation is 1. The van der Waals surface area contributed by atoms with E-state index in [2.05, 4.69) is 17.1 Å². The Morgan fingerprint density at radius 1 is 0.970 bits per heavy atom. The number of hydrogen-bond donors (Lipinski definition) is 0. The quantitative estimate of drug-likeness (QED) is 0.233. The minimum absolute atomic E-state index is 0.0955. The third-order valence-corrected chi connectivity index (χ3v) is 6.81. The molecule has 6 heteroatoms. The van der Waals surface area contributed by atoms with Gasteiger partial charge >= 0.3 is 0 Å². The first-order valence-corrected chi connectivity index (χ1v) is 11.1. The van der Waals surface area contributed by atoms with Gasteiger partial charge in [-0.05, 0) is 53.6 Å². The van der Waals surface area contributed by atoms with Gasteiger partial charge in [-0.1, -0.05) is 30.3 Å². The largest absolute Gasteiger partial charge is 0.435 e. The lowest BCUT2D eigenvalue weighted by Gasteiger charge is -2.00. The lowest BCUT2D eigenvalue weighted by atomic mass is 10.0. The van der Waals surface area contributed by atoms with Crippen molar-refractivity contribution in [2.75, 3.05) is 0 Å². The molecule has 0 unspecified atom stereocenters. The Morgan fingerprint density at radius 2 is 1.73 bits per heavy atom. The molecule has 1 aliphatic carbocycles. The molecule has 5 nitrogen and oxygen atoms in total. The summed E-state index contributed by atoms with van der Waals surface area (Å²) in [6, 6.07) is 21.1. The second kappa shape index (κ2) is 7.09. The summed E-state index contributed by atoms with van der Waals surface area (Å²) in [4.78, 5) is 31.7. The van der Waals surface area contributed by atoms with Gasteiger partial charge < -0.3 is 4.42 Å². The summed E-state index contributed by atoms with van der Waals surface area (Å²) < 4.78 is 5.97. The van der Waals surface area contributed by atoms with E-state index >= 15 is 0 Å². The molecule has 3 aromatic carbocycles.